The Morgan fingerprint density at radius 1 is 1.26 bits per heavy atom. The second-order valence-electron chi connectivity index (χ2n) is 4.04. The number of methoxy groups -OCH3 is 1. The molecule has 0 amide bonds. The molecule has 0 bridgehead atoms. The van der Waals surface area contributed by atoms with Gasteiger partial charge in [0, 0.05) is 5.33 Å². The van der Waals surface area contributed by atoms with Crippen molar-refractivity contribution in [2.75, 3.05) is 25.7 Å². The highest BCUT2D eigenvalue weighted by Crippen LogP contribution is 2.23. The summed E-state index contributed by atoms with van der Waals surface area (Å²) in [5.41, 5.74) is 0.932. The lowest BCUT2D eigenvalue weighted by Crippen LogP contribution is -2.13. The van der Waals surface area contributed by atoms with Gasteiger partial charge in [-0.25, -0.2) is 4.79 Å². The van der Waals surface area contributed by atoms with Crippen molar-refractivity contribution in [2.45, 2.75) is 19.8 Å². The van der Waals surface area contributed by atoms with Crippen LogP contribution in [0.25, 0.3) is 0 Å². The van der Waals surface area contributed by atoms with Gasteiger partial charge in [0.15, 0.2) is 6.61 Å². The first kappa shape index (κ1) is 15.8. The topological polar surface area (TPSA) is 44.8 Å². The van der Waals surface area contributed by atoms with E-state index < -0.39 is 5.97 Å². The first-order chi connectivity index (χ1) is 9.17. The van der Waals surface area contributed by atoms with Crippen LogP contribution in [0.15, 0.2) is 18.2 Å². The van der Waals surface area contributed by atoms with Crippen molar-refractivity contribution >= 4 is 21.9 Å². The summed E-state index contributed by atoms with van der Waals surface area (Å²) in [4.78, 5) is 11.0. The maximum atomic E-state index is 11.0. The van der Waals surface area contributed by atoms with Crippen LogP contribution in [0.1, 0.15) is 18.4 Å². The Morgan fingerprint density at radius 2 is 2.05 bits per heavy atom. The van der Waals surface area contributed by atoms with Gasteiger partial charge < -0.3 is 14.2 Å². The lowest BCUT2D eigenvalue weighted by atomic mass is 10.2. The third kappa shape index (κ3) is 5.96. The third-order valence-electron chi connectivity index (χ3n) is 2.52. The van der Waals surface area contributed by atoms with Gasteiger partial charge in [-0.1, -0.05) is 15.9 Å². The number of carbonyl (C=O) groups is 1. The van der Waals surface area contributed by atoms with E-state index >= 15 is 0 Å². The van der Waals surface area contributed by atoms with Crippen LogP contribution in [0.2, 0.25) is 0 Å². The van der Waals surface area contributed by atoms with E-state index in [0.717, 1.165) is 29.5 Å². The molecule has 1 aromatic rings. The Balaban J connectivity index is 2.47. The number of alkyl halides is 1. The Kier molecular flexibility index (Phi) is 7.33. The molecule has 0 atom stereocenters. The highest BCUT2D eigenvalue weighted by Gasteiger charge is 2.05. The predicted molar refractivity (Wildman–Crippen MR) is 77.2 cm³/mol. The van der Waals surface area contributed by atoms with Crippen molar-refractivity contribution in [3.8, 4) is 11.5 Å². The van der Waals surface area contributed by atoms with Crippen LogP contribution in [0.4, 0.5) is 0 Å². The molecule has 0 aliphatic heterocycles. The summed E-state index contributed by atoms with van der Waals surface area (Å²) in [7, 11) is 1.34. The van der Waals surface area contributed by atoms with Crippen molar-refractivity contribution in [3.05, 3.63) is 23.8 Å². The number of unbranched alkanes of at least 4 members (excludes halogenated alkanes) is 1. The smallest absolute Gasteiger partial charge is 0.343 e. The molecule has 1 rings (SSSR count). The largest absolute Gasteiger partial charge is 0.494 e. The van der Waals surface area contributed by atoms with E-state index in [-0.39, 0.29) is 6.61 Å². The molecule has 106 valence electrons. The number of ether oxygens (including phenoxy) is 3. The highest BCUT2D eigenvalue weighted by atomic mass is 79.9. The molecule has 0 spiro atoms. The van der Waals surface area contributed by atoms with E-state index in [0.29, 0.717) is 12.4 Å². The van der Waals surface area contributed by atoms with Crippen molar-refractivity contribution in [1.29, 1.82) is 0 Å². The molecular formula is C14H19BrO4. The molecule has 0 aromatic heterocycles. The number of hydrogen-bond donors (Lipinski definition) is 0. The molecule has 4 nitrogen and oxygen atoms in total. The number of benzene rings is 1. The molecule has 0 aliphatic rings. The molecule has 0 N–H and O–H groups in total. The molecule has 19 heavy (non-hydrogen) atoms. The Bertz CT molecular complexity index is 406. The maximum absolute atomic E-state index is 11.0. The van der Waals surface area contributed by atoms with Crippen LogP contribution in [0, 0.1) is 6.92 Å². The van der Waals surface area contributed by atoms with Gasteiger partial charge in [-0.3, -0.25) is 0 Å². The minimum atomic E-state index is -0.394. The van der Waals surface area contributed by atoms with E-state index in [4.69, 9.17) is 9.47 Å². The molecule has 0 fully saturated rings. The molecule has 0 heterocycles. The SMILES string of the molecule is COC(=O)COc1ccc(OCCCCBr)cc1C. The van der Waals surface area contributed by atoms with Gasteiger partial charge in [0.25, 0.3) is 0 Å². The fourth-order valence-corrected chi connectivity index (χ4v) is 1.85. The van der Waals surface area contributed by atoms with Crippen LogP contribution < -0.4 is 9.47 Å². The minimum absolute atomic E-state index is 0.0806. The summed E-state index contributed by atoms with van der Waals surface area (Å²) >= 11 is 3.38. The fourth-order valence-electron chi connectivity index (χ4n) is 1.46. The van der Waals surface area contributed by atoms with Gasteiger partial charge in [0.05, 0.1) is 13.7 Å². The molecule has 0 radical (unpaired) electrons. The van der Waals surface area contributed by atoms with E-state index in [9.17, 15) is 4.79 Å². The van der Waals surface area contributed by atoms with E-state index in [2.05, 4.69) is 20.7 Å². The van der Waals surface area contributed by atoms with Crippen molar-refractivity contribution in [3.63, 3.8) is 0 Å². The summed E-state index contributed by atoms with van der Waals surface area (Å²) in [6.07, 6.45) is 2.12. The van der Waals surface area contributed by atoms with E-state index in [1.54, 1.807) is 6.07 Å². The number of hydrogen-bond acceptors (Lipinski definition) is 4. The van der Waals surface area contributed by atoms with Crippen molar-refractivity contribution < 1.29 is 19.0 Å². The monoisotopic (exact) mass is 330 g/mol. The van der Waals surface area contributed by atoms with Gasteiger partial charge in [0.2, 0.25) is 0 Å². The van der Waals surface area contributed by atoms with Crippen LogP contribution >= 0.6 is 15.9 Å². The first-order valence-corrected chi connectivity index (χ1v) is 7.28. The third-order valence-corrected chi connectivity index (χ3v) is 3.08. The average Bonchev–Trinajstić information content (AvgIpc) is 2.42. The Hall–Kier alpha value is -1.23. The van der Waals surface area contributed by atoms with Crippen molar-refractivity contribution in [1.82, 2.24) is 0 Å². The second-order valence-corrected chi connectivity index (χ2v) is 4.83. The zero-order valence-corrected chi connectivity index (χ0v) is 12.9. The van der Waals surface area contributed by atoms with E-state index in [1.165, 1.54) is 7.11 Å². The Labute approximate surface area is 122 Å². The van der Waals surface area contributed by atoms with Crippen LogP contribution in [0.5, 0.6) is 11.5 Å². The zero-order valence-electron chi connectivity index (χ0n) is 11.3. The van der Waals surface area contributed by atoms with Crippen LogP contribution in [-0.4, -0.2) is 31.6 Å². The Morgan fingerprint density at radius 3 is 2.68 bits per heavy atom. The summed E-state index contributed by atoms with van der Waals surface area (Å²) in [5.74, 6) is 1.09. The number of halogens is 1. The van der Waals surface area contributed by atoms with Crippen LogP contribution in [0.3, 0.4) is 0 Å². The number of rotatable bonds is 8. The summed E-state index contributed by atoms with van der Waals surface area (Å²) in [6, 6.07) is 5.55. The van der Waals surface area contributed by atoms with Gasteiger partial charge in [-0.2, -0.15) is 0 Å². The predicted octanol–water partition coefficient (Wildman–Crippen LogP) is 3.10. The molecule has 0 saturated carbocycles. The molecular weight excluding hydrogens is 312 g/mol. The van der Waals surface area contributed by atoms with Gasteiger partial charge in [-0.15, -0.1) is 0 Å². The maximum Gasteiger partial charge on any atom is 0.343 e. The normalized spacial score (nSPS) is 10.1. The second kappa shape index (κ2) is 8.80. The van der Waals surface area contributed by atoms with Crippen molar-refractivity contribution in [2.24, 2.45) is 0 Å². The van der Waals surface area contributed by atoms with Gasteiger partial charge in [0.1, 0.15) is 11.5 Å². The molecule has 5 heteroatoms. The highest BCUT2D eigenvalue weighted by molar-refractivity contribution is 9.09. The number of aryl methyl sites for hydroxylation is 1. The summed E-state index contributed by atoms with van der Waals surface area (Å²) in [6.45, 7) is 2.54. The molecule has 0 unspecified atom stereocenters. The summed E-state index contributed by atoms with van der Waals surface area (Å²) < 4.78 is 15.5. The average molecular weight is 331 g/mol. The fraction of sp³-hybridized carbons (Fsp3) is 0.500. The first-order valence-electron chi connectivity index (χ1n) is 6.16. The standard InChI is InChI=1S/C14H19BrO4/c1-11-9-12(18-8-4-3-7-15)5-6-13(11)19-10-14(16)17-2/h5-6,9H,3-4,7-8,10H2,1-2H3. The number of carbonyl (C=O) groups excluding carboxylic acids is 1. The zero-order chi connectivity index (χ0) is 14.1. The van der Waals surface area contributed by atoms with E-state index in [1.807, 2.05) is 19.1 Å². The molecule has 1 aromatic carbocycles. The van der Waals surface area contributed by atoms with Gasteiger partial charge >= 0.3 is 5.97 Å². The quantitative estimate of drug-likeness (QED) is 0.417. The molecule has 0 saturated heterocycles. The molecule has 0 aliphatic carbocycles. The lowest BCUT2D eigenvalue weighted by molar-refractivity contribution is -0.142. The minimum Gasteiger partial charge on any atom is -0.494 e. The lowest BCUT2D eigenvalue weighted by Gasteiger charge is -2.10. The van der Waals surface area contributed by atoms with Gasteiger partial charge in [-0.05, 0) is 43.5 Å². The number of esters is 1. The summed E-state index contributed by atoms with van der Waals surface area (Å²) in [5, 5.41) is 0.996. The van der Waals surface area contributed by atoms with Crippen LogP contribution in [-0.2, 0) is 9.53 Å².